The first-order valence-corrected chi connectivity index (χ1v) is 7.00. The molecule has 0 unspecified atom stereocenters. The van der Waals surface area contributed by atoms with Crippen LogP contribution < -0.4 is 4.74 Å². The van der Waals surface area contributed by atoms with Gasteiger partial charge in [-0.15, -0.1) is 10.2 Å². The van der Waals surface area contributed by atoms with E-state index in [1.807, 2.05) is 61.5 Å². The molecular formula is C17H16N4O. The van der Waals surface area contributed by atoms with Crippen LogP contribution in [0.3, 0.4) is 0 Å². The van der Waals surface area contributed by atoms with Crippen molar-refractivity contribution in [1.29, 1.82) is 0 Å². The molecule has 0 saturated carbocycles. The predicted octanol–water partition coefficient (Wildman–Crippen LogP) is 4.71. The number of imidazole rings is 1. The topological polar surface area (TPSA) is 62.6 Å². The number of aromatic nitrogens is 2. The molecule has 0 fully saturated rings. The molecule has 0 atom stereocenters. The van der Waals surface area contributed by atoms with Gasteiger partial charge in [-0.3, -0.25) is 0 Å². The average molecular weight is 292 g/mol. The smallest absolute Gasteiger partial charge is 0.246 e. The highest BCUT2D eigenvalue weighted by atomic mass is 16.5. The normalized spacial score (nSPS) is 11.0. The maximum Gasteiger partial charge on any atom is 0.246 e. The number of nitrogens with zero attached hydrogens (tertiary/aromatic N) is 3. The van der Waals surface area contributed by atoms with Crippen LogP contribution >= 0.6 is 0 Å². The number of hydrogen-bond acceptors (Lipinski definition) is 4. The second kappa shape index (κ2) is 6.67. The standard InChI is InChI=1S/C17H16N4O/c1-13-11-18-17(19-13)21-20-15-7-9-16(10-8-15)22-12-14-5-3-2-4-6-14/h2-11H,12H2,1H3,(H,18,19). The van der Waals surface area contributed by atoms with E-state index in [0.717, 1.165) is 22.7 Å². The summed E-state index contributed by atoms with van der Waals surface area (Å²) in [7, 11) is 0. The Morgan fingerprint density at radius 3 is 2.45 bits per heavy atom. The Morgan fingerprint density at radius 2 is 1.77 bits per heavy atom. The van der Waals surface area contributed by atoms with Crippen LogP contribution in [0.1, 0.15) is 11.3 Å². The summed E-state index contributed by atoms with van der Waals surface area (Å²) < 4.78 is 5.72. The van der Waals surface area contributed by atoms with Gasteiger partial charge >= 0.3 is 0 Å². The van der Waals surface area contributed by atoms with E-state index in [1.165, 1.54) is 0 Å². The molecule has 0 aliphatic carbocycles. The molecule has 3 aromatic rings. The lowest BCUT2D eigenvalue weighted by Gasteiger charge is -2.05. The Kier molecular flexibility index (Phi) is 4.25. The summed E-state index contributed by atoms with van der Waals surface area (Å²) in [6, 6.07) is 17.5. The summed E-state index contributed by atoms with van der Waals surface area (Å²) in [5.74, 6) is 1.30. The zero-order chi connectivity index (χ0) is 15.2. The number of ether oxygens (including phenoxy) is 1. The van der Waals surface area contributed by atoms with E-state index < -0.39 is 0 Å². The first kappa shape index (κ1) is 14.0. The third-order valence-corrected chi connectivity index (χ3v) is 3.03. The second-order valence-electron chi connectivity index (χ2n) is 4.86. The molecule has 5 nitrogen and oxygen atoms in total. The minimum absolute atomic E-state index is 0.502. The zero-order valence-corrected chi connectivity index (χ0v) is 12.2. The van der Waals surface area contributed by atoms with E-state index >= 15 is 0 Å². The molecule has 0 saturated heterocycles. The van der Waals surface area contributed by atoms with Crippen molar-refractivity contribution in [1.82, 2.24) is 9.97 Å². The summed E-state index contributed by atoms with van der Waals surface area (Å²) in [6.07, 6.45) is 1.72. The Balaban J connectivity index is 1.59. The molecule has 3 rings (SSSR count). The summed E-state index contributed by atoms with van der Waals surface area (Å²) in [5.41, 5.74) is 2.85. The first-order valence-electron chi connectivity index (χ1n) is 7.00. The van der Waals surface area contributed by atoms with Crippen LogP contribution in [0.25, 0.3) is 0 Å². The molecule has 0 spiro atoms. The van der Waals surface area contributed by atoms with Crippen LogP contribution in [0.5, 0.6) is 5.75 Å². The van der Waals surface area contributed by atoms with Crippen molar-refractivity contribution >= 4 is 11.6 Å². The van der Waals surface area contributed by atoms with Crippen LogP contribution in [-0.2, 0) is 6.61 Å². The molecule has 0 aliphatic rings. The lowest BCUT2D eigenvalue weighted by Crippen LogP contribution is -1.94. The maximum atomic E-state index is 5.72. The third-order valence-electron chi connectivity index (χ3n) is 3.03. The van der Waals surface area contributed by atoms with Gasteiger partial charge in [0.15, 0.2) is 0 Å². The summed E-state index contributed by atoms with van der Waals surface area (Å²) in [5, 5.41) is 8.16. The fourth-order valence-electron chi connectivity index (χ4n) is 1.90. The van der Waals surface area contributed by atoms with Gasteiger partial charge in [-0.2, -0.15) is 0 Å². The molecule has 1 aromatic heterocycles. The highest BCUT2D eigenvalue weighted by Crippen LogP contribution is 2.20. The van der Waals surface area contributed by atoms with E-state index in [9.17, 15) is 0 Å². The van der Waals surface area contributed by atoms with Crippen LogP contribution in [0, 0.1) is 6.92 Å². The van der Waals surface area contributed by atoms with E-state index in [4.69, 9.17) is 4.74 Å². The molecule has 0 radical (unpaired) electrons. The lowest BCUT2D eigenvalue weighted by atomic mass is 10.2. The van der Waals surface area contributed by atoms with Gasteiger partial charge in [0, 0.05) is 11.9 Å². The fraction of sp³-hybridized carbons (Fsp3) is 0.118. The van der Waals surface area contributed by atoms with Gasteiger partial charge in [0.2, 0.25) is 5.95 Å². The largest absolute Gasteiger partial charge is 0.489 e. The highest BCUT2D eigenvalue weighted by Gasteiger charge is 1.97. The minimum Gasteiger partial charge on any atom is -0.489 e. The summed E-state index contributed by atoms with van der Waals surface area (Å²) in [4.78, 5) is 7.07. The van der Waals surface area contributed by atoms with Gasteiger partial charge in [-0.05, 0) is 36.8 Å². The van der Waals surface area contributed by atoms with Gasteiger partial charge in [0.25, 0.3) is 0 Å². The fourth-order valence-corrected chi connectivity index (χ4v) is 1.90. The van der Waals surface area contributed by atoms with Crippen LogP contribution in [-0.4, -0.2) is 9.97 Å². The van der Waals surface area contributed by atoms with Crippen molar-refractivity contribution in [3.05, 3.63) is 72.1 Å². The van der Waals surface area contributed by atoms with Crippen molar-refractivity contribution in [2.75, 3.05) is 0 Å². The molecule has 0 amide bonds. The number of benzene rings is 2. The first-order chi connectivity index (χ1) is 10.8. The second-order valence-corrected chi connectivity index (χ2v) is 4.86. The Hall–Kier alpha value is -2.95. The molecule has 5 heteroatoms. The van der Waals surface area contributed by atoms with Crippen LogP contribution in [0.2, 0.25) is 0 Å². The Morgan fingerprint density at radius 1 is 1.00 bits per heavy atom. The molecule has 1 N–H and O–H groups in total. The molecule has 0 bridgehead atoms. The summed E-state index contributed by atoms with van der Waals surface area (Å²) in [6.45, 7) is 2.47. The number of aromatic amines is 1. The third kappa shape index (κ3) is 3.79. The van der Waals surface area contributed by atoms with Gasteiger partial charge < -0.3 is 9.72 Å². The molecule has 1 heterocycles. The summed E-state index contributed by atoms with van der Waals surface area (Å²) >= 11 is 0. The quantitative estimate of drug-likeness (QED) is 0.692. The number of aryl methyl sites for hydroxylation is 1. The molecule has 22 heavy (non-hydrogen) atoms. The zero-order valence-electron chi connectivity index (χ0n) is 12.2. The SMILES string of the molecule is Cc1cnc(N=Nc2ccc(OCc3ccccc3)cc2)[nH]1. The lowest BCUT2D eigenvalue weighted by molar-refractivity contribution is 0.306. The van der Waals surface area contributed by atoms with Crippen molar-refractivity contribution in [2.45, 2.75) is 13.5 Å². The van der Waals surface area contributed by atoms with Crippen molar-refractivity contribution in [2.24, 2.45) is 10.2 Å². The van der Waals surface area contributed by atoms with E-state index in [0.29, 0.717) is 12.6 Å². The Bertz CT molecular complexity index is 748. The number of H-pyrrole nitrogens is 1. The van der Waals surface area contributed by atoms with E-state index in [-0.39, 0.29) is 0 Å². The minimum atomic E-state index is 0.502. The van der Waals surface area contributed by atoms with Gasteiger partial charge in [-0.1, -0.05) is 30.3 Å². The van der Waals surface area contributed by atoms with E-state index in [2.05, 4.69) is 20.2 Å². The molecular weight excluding hydrogens is 276 g/mol. The average Bonchev–Trinajstić information content (AvgIpc) is 2.98. The van der Waals surface area contributed by atoms with Gasteiger partial charge in [-0.25, -0.2) is 4.98 Å². The van der Waals surface area contributed by atoms with Crippen molar-refractivity contribution in [3.63, 3.8) is 0 Å². The van der Waals surface area contributed by atoms with Crippen molar-refractivity contribution in [3.8, 4) is 5.75 Å². The number of azo groups is 1. The number of nitrogens with one attached hydrogen (secondary N) is 1. The highest BCUT2D eigenvalue weighted by molar-refractivity contribution is 5.41. The van der Waals surface area contributed by atoms with Crippen LogP contribution in [0.4, 0.5) is 11.6 Å². The van der Waals surface area contributed by atoms with E-state index in [1.54, 1.807) is 6.20 Å². The Labute approximate surface area is 128 Å². The molecule has 110 valence electrons. The number of rotatable bonds is 5. The monoisotopic (exact) mass is 292 g/mol. The van der Waals surface area contributed by atoms with Crippen LogP contribution in [0.15, 0.2) is 71.0 Å². The van der Waals surface area contributed by atoms with Crippen molar-refractivity contribution < 1.29 is 4.74 Å². The number of hydrogen-bond donors (Lipinski definition) is 1. The van der Waals surface area contributed by atoms with Gasteiger partial charge in [0.05, 0.1) is 5.69 Å². The predicted molar refractivity (Wildman–Crippen MR) is 84.7 cm³/mol. The maximum absolute atomic E-state index is 5.72. The van der Waals surface area contributed by atoms with Gasteiger partial charge in [0.1, 0.15) is 12.4 Å². The molecule has 0 aliphatic heterocycles. The molecule has 2 aromatic carbocycles.